The molecule has 1 amide bonds. The van der Waals surface area contributed by atoms with Gasteiger partial charge in [-0.25, -0.2) is 4.79 Å². The van der Waals surface area contributed by atoms with E-state index in [9.17, 15) is 9.59 Å². The Morgan fingerprint density at radius 3 is 2.95 bits per heavy atom. The molecule has 0 aliphatic heterocycles. The van der Waals surface area contributed by atoms with Crippen LogP contribution in [0.15, 0.2) is 27.4 Å². The van der Waals surface area contributed by atoms with E-state index in [1.807, 2.05) is 0 Å². The molecule has 0 radical (unpaired) electrons. The van der Waals surface area contributed by atoms with E-state index in [4.69, 9.17) is 16.0 Å². The van der Waals surface area contributed by atoms with Crippen molar-refractivity contribution in [2.75, 3.05) is 0 Å². The van der Waals surface area contributed by atoms with Crippen molar-refractivity contribution >= 4 is 28.6 Å². The molecule has 0 spiro atoms. The van der Waals surface area contributed by atoms with Gasteiger partial charge in [-0.1, -0.05) is 31.4 Å². The second-order valence-corrected chi connectivity index (χ2v) is 6.44. The number of nitrogens with zero attached hydrogens (tertiary/aromatic N) is 1. The Bertz CT molecular complexity index is 749. The fraction of sp³-hybridized carbons (Fsp3) is 0.500. The molecule has 0 bridgehead atoms. The molecule has 1 aromatic heterocycles. The maximum absolute atomic E-state index is 12.2. The predicted molar refractivity (Wildman–Crippen MR) is 85.0 cm³/mol. The van der Waals surface area contributed by atoms with Crippen LogP contribution < -0.4 is 11.1 Å². The Hall–Kier alpha value is -1.75. The summed E-state index contributed by atoms with van der Waals surface area (Å²) in [5, 5.41) is 3.54. The molecule has 0 saturated heterocycles. The summed E-state index contributed by atoms with van der Waals surface area (Å²) in [5.74, 6) is -0.211. The SMILES string of the molecule is C[C@@H]1CCCC[C@H]1NC(=O)Cn1c(=O)oc2cc(Cl)ccc21. The van der Waals surface area contributed by atoms with Crippen molar-refractivity contribution in [3.05, 3.63) is 33.8 Å². The number of benzene rings is 1. The summed E-state index contributed by atoms with van der Waals surface area (Å²) in [5.41, 5.74) is 0.984. The van der Waals surface area contributed by atoms with Gasteiger partial charge in [-0.15, -0.1) is 0 Å². The van der Waals surface area contributed by atoms with Gasteiger partial charge in [-0.05, 0) is 30.9 Å². The lowest BCUT2D eigenvalue weighted by Crippen LogP contribution is -2.43. The van der Waals surface area contributed by atoms with Crippen LogP contribution in [0.1, 0.15) is 32.6 Å². The smallest absolute Gasteiger partial charge is 0.408 e. The van der Waals surface area contributed by atoms with Crippen LogP contribution in [0, 0.1) is 5.92 Å². The highest BCUT2D eigenvalue weighted by molar-refractivity contribution is 6.31. The molecule has 1 fully saturated rings. The van der Waals surface area contributed by atoms with Gasteiger partial charge < -0.3 is 9.73 Å². The zero-order valence-electron chi connectivity index (χ0n) is 12.5. The van der Waals surface area contributed by atoms with Crippen molar-refractivity contribution in [2.45, 2.75) is 45.2 Å². The molecular weight excluding hydrogens is 304 g/mol. The third-order valence-corrected chi connectivity index (χ3v) is 4.62. The molecule has 5 nitrogen and oxygen atoms in total. The number of halogens is 1. The molecule has 1 N–H and O–H groups in total. The number of amides is 1. The van der Waals surface area contributed by atoms with Gasteiger partial charge in [-0.2, -0.15) is 0 Å². The van der Waals surface area contributed by atoms with Gasteiger partial charge in [0, 0.05) is 17.1 Å². The summed E-state index contributed by atoms with van der Waals surface area (Å²) in [6.07, 6.45) is 4.50. The van der Waals surface area contributed by atoms with Gasteiger partial charge in [0.25, 0.3) is 0 Å². The Morgan fingerprint density at radius 1 is 1.41 bits per heavy atom. The molecular formula is C16H19ClN2O3. The second kappa shape index (κ2) is 6.16. The fourth-order valence-corrected chi connectivity index (χ4v) is 3.28. The molecule has 1 heterocycles. The van der Waals surface area contributed by atoms with E-state index >= 15 is 0 Å². The van der Waals surface area contributed by atoms with Crippen LogP contribution in [0.2, 0.25) is 5.02 Å². The molecule has 3 rings (SSSR count). The zero-order chi connectivity index (χ0) is 15.7. The highest BCUT2D eigenvalue weighted by Crippen LogP contribution is 2.24. The normalized spacial score (nSPS) is 21.9. The molecule has 1 aromatic carbocycles. The zero-order valence-corrected chi connectivity index (χ0v) is 13.2. The Labute approximate surface area is 133 Å². The first kappa shape index (κ1) is 15.2. The fourth-order valence-electron chi connectivity index (χ4n) is 3.12. The number of aromatic nitrogens is 1. The summed E-state index contributed by atoms with van der Waals surface area (Å²) < 4.78 is 6.48. The largest absolute Gasteiger partial charge is 0.420 e. The van der Waals surface area contributed by atoms with Crippen LogP contribution in [0.25, 0.3) is 11.1 Å². The highest BCUT2D eigenvalue weighted by atomic mass is 35.5. The van der Waals surface area contributed by atoms with E-state index in [1.165, 1.54) is 11.0 Å². The second-order valence-electron chi connectivity index (χ2n) is 6.00. The molecule has 22 heavy (non-hydrogen) atoms. The van der Waals surface area contributed by atoms with Crippen molar-refractivity contribution < 1.29 is 9.21 Å². The number of oxazole rings is 1. The van der Waals surface area contributed by atoms with E-state index < -0.39 is 5.76 Å². The Kier molecular flexibility index (Phi) is 4.25. The molecule has 1 aliphatic carbocycles. The first-order valence-electron chi connectivity index (χ1n) is 7.63. The number of rotatable bonds is 3. The molecule has 118 valence electrons. The summed E-state index contributed by atoms with van der Waals surface area (Å²) in [6, 6.07) is 5.15. The van der Waals surface area contributed by atoms with Gasteiger partial charge in [0.05, 0.1) is 5.52 Å². The lowest BCUT2D eigenvalue weighted by Gasteiger charge is -2.29. The van der Waals surface area contributed by atoms with Crippen LogP contribution in [-0.2, 0) is 11.3 Å². The minimum atomic E-state index is -0.538. The van der Waals surface area contributed by atoms with Crippen LogP contribution in [0.5, 0.6) is 0 Å². The van der Waals surface area contributed by atoms with Crippen LogP contribution in [0.4, 0.5) is 0 Å². The predicted octanol–water partition coefficient (Wildman–Crippen LogP) is 2.94. The summed E-state index contributed by atoms with van der Waals surface area (Å²) >= 11 is 5.88. The van der Waals surface area contributed by atoms with E-state index in [1.54, 1.807) is 18.2 Å². The standard InChI is InChI=1S/C16H19ClN2O3/c1-10-4-2-3-5-12(10)18-15(20)9-19-13-7-6-11(17)8-14(13)22-16(19)21/h6-8,10,12H,2-5,9H2,1H3,(H,18,20)/t10-,12-/m1/s1. The first-order chi connectivity index (χ1) is 10.5. The monoisotopic (exact) mass is 322 g/mol. The van der Waals surface area contributed by atoms with Gasteiger partial charge in [0.15, 0.2) is 5.58 Å². The lowest BCUT2D eigenvalue weighted by atomic mass is 9.86. The number of carbonyl (C=O) groups is 1. The quantitative estimate of drug-likeness (QED) is 0.945. The average molecular weight is 323 g/mol. The molecule has 0 unspecified atom stereocenters. The van der Waals surface area contributed by atoms with E-state index in [-0.39, 0.29) is 18.5 Å². The summed E-state index contributed by atoms with van der Waals surface area (Å²) in [7, 11) is 0. The van der Waals surface area contributed by atoms with Gasteiger partial charge >= 0.3 is 5.76 Å². The number of hydrogen-bond acceptors (Lipinski definition) is 3. The van der Waals surface area contributed by atoms with Gasteiger partial charge in [0.1, 0.15) is 6.54 Å². The third-order valence-electron chi connectivity index (χ3n) is 4.39. The third kappa shape index (κ3) is 3.04. The summed E-state index contributed by atoms with van der Waals surface area (Å²) in [4.78, 5) is 24.2. The number of fused-ring (bicyclic) bond motifs is 1. The van der Waals surface area contributed by atoms with Crippen molar-refractivity contribution in [3.63, 3.8) is 0 Å². The van der Waals surface area contributed by atoms with E-state index in [0.717, 1.165) is 19.3 Å². The maximum atomic E-state index is 12.2. The van der Waals surface area contributed by atoms with Gasteiger partial charge in [0.2, 0.25) is 5.91 Å². The lowest BCUT2D eigenvalue weighted by molar-refractivity contribution is -0.123. The minimum Gasteiger partial charge on any atom is -0.408 e. The molecule has 1 aliphatic rings. The average Bonchev–Trinajstić information content (AvgIpc) is 2.77. The van der Waals surface area contributed by atoms with Crippen LogP contribution in [-0.4, -0.2) is 16.5 Å². The first-order valence-corrected chi connectivity index (χ1v) is 8.00. The molecule has 1 saturated carbocycles. The molecule has 6 heteroatoms. The van der Waals surface area contributed by atoms with Crippen LogP contribution in [0.3, 0.4) is 0 Å². The van der Waals surface area contributed by atoms with Crippen molar-refractivity contribution in [3.8, 4) is 0 Å². The van der Waals surface area contributed by atoms with E-state index in [0.29, 0.717) is 22.0 Å². The number of hydrogen-bond donors (Lipinski definition) is 1. The molecule has 2 atom stereocenters. The van der Waals surface area contributed by atoms with Crippen molar-refractivity contribution in [1.29, 1.82) is 0 Å². The van der Waals surface area contributed by atoms with E-state index in [2.05, 4.69) is 12.2 Å². The van der Waals surface area contributed by atoms with Gasteiger partial charge in [-0.3, -0.25) is 9.36 Å². The summed E-state index contributed by atoms with van der Waals surface area (Å²) in [6.45, 7) is 2.13. The number of carbonyl (C=O) groups excluding carboxylic acids is 1. The highest BCUT2D eigenvalue weighted by Gasteiger charge is 2.23. The van der Waals surface area contributed by atoms with Crippen LogP contribution >= 0.6 is 11.6 Å². The minimum absolute atomic E-state index is 0.0311. The molecule has 2 aromatic rings. The Morgan fingerprint density at radius 2 is 2.18 bits per heavy atom. The topological polar surface area (TPSA) is 64.2 Å². The van der Waals surface area contributed by atoms with Crippen molar-refractivity contribution in [1.82, 2.24) is 9.88 Å². The number of nitrogens with one attached hydrogen (secondary N) is 1. The Balaban J connectivity index is 1.76. The van der Waals surface area contributed by atoms with Crippen molar-refractivity contribution in [2.24, 2.45) is 5.92 Å². The maximum Gasteiger partial charge on any atom is 0.420 e.